The number of esters is 2. The van der Waals surface area contributed by atoms with Crippen LogP contribution in [0.25, 0.3) is 0 Å². The lowest BCUT2D eigenvalue weighted by Crippen LogP contribution is -2.25. The van der Waals surface area contributed by atoms with E-state index in [9.17, 15) is 19.3 Å². The highest BCUT2D eigenvalue weighted by atomic mass is 31.2. The predicted octanol–water partition coefficient (Wildman–Crippen LogP) is 7.77. The van der Waals surface area contributed by atoms with Crippen molar-refractivity contribution in [3.05, 3.63) is 58.1 Å². The zero-order valence-corrected chi connectivity index (χ0v) is 27.6. The molecule has 1 N–H and O–H groups in total. The Morgan fingerprint density at radius 3 is 1.83 bits per heavy atom. The molecule has 0 aromatic heterocycles. The standard InChI is InChI=1S/C32H47O9P/c1-11-21(2)27-17-24(12-13-28(27)33)16-26-22(3)14-25(15-23(26)4)39-20-42(36,40-18-37-29(34)31(5,6)7)41-19-38-30(35)32(8,9)10/h12-15,17,21,33H,11,16,18-20H2,1-10H3. The van der Waals surface area contributed by atoms with Crippen molar-refractivity contribution in [3.8, 4) is 11.5 Å². The summed E-state index contributed by atoms with van der Waals surface area (Å²) in [6.07, 6.45) is 1.10. The summed E-state index contributed by atoms with van der Waals surface area (Å²) in [6, 6.07) is 9.39. The maximum Gasteiger partial charge on any atom is 0.373 e. The number of carbonyl (C=O) groups is 2. The highest BCUT2D eigenvalue weighted by Gasteiger charge is 2.31. The van der Waals surface area contributed by atoms with Gasteiger partial charge in [0.05, 0.1) is 10.8 Å². The SMILES string of the molecule is CCC(C)c1cc(Cc2c(C)cc(OCP(=O)(OCOC(=O)C(C)(C)C)OCOC(=O)C(C)(C)C)cc2C)ccc1O. The molecule has 0 saturated heterocycles. The molecule has 234 valence electrons. The molecule has 9 nitrogen and oxygen atoms in total. The Morgan fingerprint density at radius 1 is 0.881 bits per heavy atom. The summed E-state index contributed by atoms with van der Waals surface area (Å²) in [6.45, 7) is 17.0. The van der Waals surface area contributed by atoms with E-state index in [1.807, 2.05) is 32.0 Å². The Bertz CT molecular complexity index is 1230. The number of hydrogen-bond donors (Lipinski definition) is 1. The molecule has 10 heteroatoms. The van der Waals surface area contributed by atoms with Gasteiger partial charge in [-0.25, -0.2) is 0 Å². The molecule has 42 heavy (non-hydrogen) atoms. The molecule has 0 radical (unpaired) electrons. The van der Waals surface area contributed by atoms with Crippen LogP contribution in [0.3, 0.4) is 0 Å². The predicted molar refractivity (Wildman–Crippen MR) is 162 cm³/mol. The molecular formula is C32H47O9P. The first-order chi connectivity index (χ1) is 19.4. The van der Waals surface area contributed by atoms with E-state index in [0.29, 0.717) is 17.9 Å². The van der Waals surface area contributed by atoms with Crippen LogP contribution in [-0.2, 0) is 39.1 Å². The molecule has 0 aliphatic heterocycles. The van der Waals surface area contributed by atoms with Crippen LogP contribution in [0.15, 0.2) is 30.3 Å². The maximum atomic E-state index is 13.5. The first-order valence-electron chi connectivity index (χ1n) is 14.1. The lowest BCUT2D eigenvalue weighted by atomic mass is 9.91. The second-order valence-electron chi connectivity index (χ2n) is 12.7. The molecule has 1 atom stereocenters. The van der Waals surface area contributed by atoms with Gasteiger partial charge in [0.2, 0.25) is 13.6 Å². The van der Waals surface area contributed by atoms with Gasteiger partial charge in [0.25, 0.3) is 0 Å². The average Bonchev–Trinajstić information content (AvgIpc) is 2.89. The first-order valence-corrected chi connectivity index (χ1v) is 15.9. The van der Waals surface area contributed by atoms with Crippen molar-refractivity contribution < 1.29 is 42.5 Å². The van der Waals surface area contributed by atoms with Gasteiger partial charge >= 0.3 is 19.5 Å². The van der Waals surface area contributed by atoms with E-state index in [-0.39, 0.29) is 5.92 Å². The Morgan fingerprint density at radius 2 is 1.38 bits per heavy atom. The average molecular weight is 607 g/mol. The van der Waals surface area contributed by atoms with Gasteiger partial charge in [-0.15, -0.1) is 0 Å². The number of ether oxygens (including phenoxy) is 3. The van der Waals surface area contributed by atoms with Crippen molar-refractivity contribution in [2.24, 2.45) is 10.8 Å². The molecule has 0 fully saturated rings. The second kappa shape index (κ2) is 14.5. The van der Waals surface area contributed by atoms with Crippen LogP contribution >= 0.6 is 7.60 Å². The molecule has 2 rings (SSSR count). The van der Waals surface area contributed by atoms with Crippen LogP contribution in [-0.4, -0.2) is 37.0 Å². The third kappa shape index (κ3) is 10.4. The fourth-order valence-corrected chi connectivity index (χ4v) is 4.82. The Kier molecular flexibility index (Phi) is 12.2. The number of phenolic OH excluding ortho intramolecular Hbond substituents is 1. The highest BCUT2D eigenvalue weighted by molar-refractivity contribution is 7.53. The topological polar surface area (TPSA) is 118 Å². The summed E-state index contributed by atoms with van der Waals surface area (Å²) in [5, 5.41) is 10.3. The number of benzene rings is 2. The Labute approximate surface area is 250 Å². The molecule has 1 unspecified atom stereocenters. The van der Waals surface area contributed by atoms with Crippen molar-refractivity contribution in [2.75, 3.05) is 19.9 Å². The summed E-state index contributed by atoms with van der Waals surface area (Å²) >= 11 is 0. The van der Waals surface area contributed by atoms with Crippen molar-refractivity contribution in [1.29, 1.82) is 0 Å². The Balaban J connectivity index is 2.17. The van der Waals surface area contributed by atoms with Gasteiger partial charge in [0.1, 0.15) is 11.5 Å². The number of carbonyl (C=O) groups excluding carboxylic acids is 2. The summed E-state index contributed by atoms with van der Waals surface area (Å²) in [7, 11) is -4.02. The highest BCUT2D eigenvalue weighted by Crippen LogP contribution is 2.48. The summed E-state index contributed by atoms with van der Waals surface area (Å²) < 4.78 is 40.2. The third-order valence-electron chi connectivity index (χ3n) is 6.78. The minimum Gasteiger partial charge on any atom is -0.508 e. The summed E-state index contributed by atoms with van der Waals surface area (Å²) in [5.74, 6) is -0.0789. The normalized spacial score (nSPS) is 13.0. The molecule has 0 amide bonds. The number of aromatic hydroxyl groups is 1. The quantitative estimate of drug-likeness (QED) is 0.139. The van der Waals surface area contributed by atoms with E-state index in [1.165, 1.54) is 0 Å². The van der Waals surface area contributed by atoms with Crippen molar-refractivity contribution in [2.45, 2.75) is 88.0 Å². The van der Waals surface area contributed by atoms with Gasteiger partial charge in [-0.3, -0.25) is 23.2 Å². The van der Waals surface area contributed by atoms with Gasteiger partial charge in [-0.05, 0) is 120 Å². The molecule has 0 bridgehead atoms. The van der Waals surface area contributed by atoms with Crippen LogP contribution in [0, 0.1) is 24.7 Å². The van der Waals surface area contributed by atoms with Gasteiger partial charge in [0, 0.05) is 0 Å². The lowest BCUT2D eigenvalue weighted by Gasteiger charge is -2.22. The monoisotopic (exact) mass is 606 g/mol. The van der Waals surface area contributed by atoms with Crippen LogP contribution in [0.1, 0.15) is 95.5 Å². The third-order valence-corrected chi connectivity index (χ3v) is 8.22. The first kappa shape index (κ1) is 35.3. The Hall–Kier alpha value is -2.87. The van der Waals surface area contributed by atoms with Crippen molar-refractivity contribution in [1.82, 2.24) is 0 Å². The smallest absolute Gasteiger partial charge is 0.373 e. The van der Waals surface area contributed by atoms with Gasteiger partial charge < -0.3 is 19.3 Å². The van der Waals surface area contributed by atoms with Crippen LogP contribution in [0.2, 0.25) is 0 Å². The molecule has 0 aliphatic rings. The molecule has 0 saturated carbocycles. The maximum absolute atomic E-state index is 13.5. The zero-order chi connectivity index (χ0) is 31.9. The molecule has 0 aliphatic carbocycles. The van der Waals surface area contributed by atoms with E-state index in [1.54, 1.807) is 47.6 Å². The van der Waals surface area contributed by atoms with Gasteiger partial charge in [-0.1, -0.05) is 26.0 Å². The van der Waals surface area contributed by atoms with Crippen LogP contribution < -0.4 is 4.74 Å². The number of phenols is 1. The minimum absolute atomic E-state index is 0.247. The van der Waals surface area contributed by atoms with Crippen LogP contribution in [0.5, 0.6) is 11.5 Å². The van der Waals surface area contributed by atoms with E-state index in [2.05, 4.69) is 19.9 Å². The summed E-state index contributed by atoms with van der Waals surface area (Å²) in [5.41, 5.74) is 3.52. The fourth-order valence-electron chi connectivity index (χ4n) is 3.87. The van der Waals surface area contributed by atoms with E-state index in [4.69, 9.17) is 23.3 Å². The minimum atomic E-state index is -4.02. The number of hydrogen-bond acceptors (Lipinski definition) is 9. The van der Waals surface area contributed by atoms with E-state index < -0.39 is 50.3 Å². The van der Waals surface area contributed by atoms with Gasteiger partial charge in [-0.2, -0.15) is 0 Å². The summed E-state index contributed by atoms with van der Waals surface area (Å²) in [4.78, 5) is 24.2. The van der Waals surface area contributed by atoms with E-state index >= 15 is 0 Å². The molecular weight excluding hydrogens is 559 g/mol. The van der Waals surface area contributed by atoms with Gasteiger partial charge in [0.15, 0.2) is 6.35 Å². The molecule has 2 aromatic rings. The fraction of sp³-hybridized carbons (Fsp3) is 0.562. The van der Waals surface area contributed by atoms with Crippen molar-refractivity contribution in [3.63, 3.8) is 0 Å². The van der Waals surface area contributed by atoms with Crippen LogP contribution in [0.4, 0.5) is 0 Å². The molecule has 0 spiro atoms. The lowest BCUT2D eigenvalue weighted by molar-refractivity contribution is -0.162. The van der Waals surface area contributed by atoms with E-state index in [0.717, 1.165) is 34.2 Å². The number of rotatable bonds is 13. The molecule has 0 heterocycles. The number of aryl methyl sites for hydroxylation is 2. The second-order valence-corrected chi connectivity index (χ2v) is 14.7. The largest absolute Gasteiger partial charge is 0.508 e. The van der Waals surface area contributed by atoms with Crippen molar-refractivity contribution >= 4 is 19.5 Å². The zero-order valence-electron chi connectivity index (χ0n) is 26.7. The molecule has 2 aromatic carbocycles.